The highest BCUT2D eigenvalue weighted by Gasteiger charge is 2.36. The zero-order chi connectivity index (χ0) is 26.2. The molecule has 2 unspecified atom stereocenters. The molecule has 2 rings (SSSR count). The van der Waals surface area contributed by atoms with E-state index in [2.05, 4.69) is 17.2 Å². The van der Waals surface area contributed by atoms with E-state index in [1.54, 1.807) is 20.8 Å². The van der Waals surface area contributed by atoms with Crippen molar-refractivity contribution >= 4 is 17.9 Å². The lowest BCUT2D eigenvalue weighted by Gasteiger charge is -2.35. The molecule has 3 amide bonds. The van der Waals surface area contributed by atoms with Crippen molar-refractivity contribution < 1.29 is 24.2 Å². The van der Waals surface area contributed by atoms with Gasteiger partial charge in [0.15, 0.2) is 0 Å². The second-order valence-corrected chi connectivity index (χ2v) is 10.3. The quantitative estimate of drug-likeness (QED) is 0.461. The van der Waals surface area contributed by atoms with E-state index in [0.29, 0.717) is 5.56 Å². The molecule has 0 heterocycles. The predicted octanol–water partition coefficient (Wildman–Crippen LogP) is 3.69. The first-order valence-corrected chi connectivity index (χ1v) is 12.4. The van der Waals surface area contributed by atoms with Crippen LogP contribution >= 0.6 is 0 Å². The van der Waals surface area contributed by atoms with Crippen LogP contribution in [0.15, 0.2) is 30.9 Å². The van der Waals surface area contributed by atoms with Gasteiger partial charge < -0.3 is 25.4 Å². The summed E-state index contributed by atoms with van der Waals surface area (Å²) < 4.78 is 5.25. The van der Waals surface area contributed by atoms with Crippen LogP contribution in [0.25, 0.3) is 0 Å². The monoisotopic (exact) mass is 487 g/mol. The number of rotatable bonds is 9. The Balaban J connectivity index is 2.39. The molecule has 194 valence electrons. The number of aryl methyl sites for hydroxylation is 2. The van der Waals surface area contributed by atoms with Gasteiger partial charge in [0.2, 0.25) is 11.8 Å². The summed E-state index contributed by atoms with van der Waals surface area (Å²) in [6.45, 7) is 12.2. The average molecular weight is 488 g/mol. The van der Waals surface area contributed by atoms with Crippen molar-refractivity contribution in [1.29, 1.82) is 0 Å². The predicted molar refractivity (Wildman–Crippen MR) is 136 cm³/mol. The molecule has 0 aromatic heterocycles. The number of aliphatic hydroxyl groups is 1. The minimum atomic E-state index is -1.28. The molecule has 0 radical (unpaired) electrons. The average Bonchev–Trinajstić information content (AvgIpc) is 2.78. The summed E-state index contributed by atoms with van der Waals surface area (Å²) in [5, 5.41) is 15.5. The van der Waals surface area contributed by atoms with Gasteiger partial charge in [-0.15, -0.1) is 6.58 Å². The Morgan fingerprint density at radius 3 is 2.37 bits per heavy atom. The first-order valence-electron chi connectivity index (χ1n) is 12.4. The number of nitrogens with zero attached hydrogens (tertiary/aromatic N) is 1. The Labute approximate surface area is 209 Å². The molecule has 0 saturated heterocycles. The number of hydrogen-bond acceptors (Lipinski definition) is 5. The molecule has 0 bridgehead atoms. The van der Waals surface area contributed by atoms with Crippen molar-refractivity contribution in [3.8, 4) is 0 Å². The second kappa shape index (κ2) is 12.7. The van der Waals surface area contributed by atoms with Gasteiger partial charge in [0.1, 0.15) is 17.7 Å². The number of nitrogens with one attached hydrogen (secondary N) is 2. The van der Waals surface area contributed by atoms with Crippen LogP contribution in [0.5, 0.6) is 0 Å². The van der Waals surface area contributed by atoms with Gasteiger partial charge in [-0.25, -0.2) is 4.79 Å². The Bertz CT molecular complexity index is 903. The smallest absolute Gasteiger partial charge is 0.408 e. The zero-order valence-electron chi connectivity index (χ0n) is 21.7. The third kappa shape index (κ3) is 8.38. The van der Waals surface area contributed by atoms with E-state index in [1.807, 2.05) is 32.0 Å². The molecule has 0 spiro atoms. The van der Waals surface area contributed by atoms with Crippen LogP contribution in [0.1, 0.15) is 75.6 Å². The van der Waals surface area contributed by atoms with Gasteiger partial charge in [0.05, 0.1) is 6.61 Å². The highest BCUT2D eigenvalue weighted by atomic mass is 16.6. The maximum absolute atomic E-state index is 13.6. The van der Waals surface area contributed by atoms with Crippen molar-refractivity contribution in [2.75, 3.05) is 13.2 Å². The van der Waals surface area contributed by atoms with Crippen LogP contribution in [-0.4, -0.2) is 58.8 Å². The number of hydrogen-bond donors (Lipinski definition) is 3. The molecule has 1 aliphatic rings. The molecule has 35 heavy (non-hydrogen) atoms. The van der Waals surface area contributed by atoms with Gasteiger partial charge in [-0.05, 0) is 64.2 Å². The van der Waals surface area contributed by atoms with Crippen molar-refractivity contribution in [3.63, 3.8) is 0 Å². The number of amides is 3. The van der Waals surface area contributed by atoms with Gasteiger partial charge >= 0.3 is 6.09 Å². The van der Waals surface area contributed by atoms with Gasteiger partial charge in [-0.1, -0.05) is 43.5 Å². The first-order chi connectivity index (χ1) is 16.5. The molecule has 3 N–H and O–H groups in total. The largest absolute Gasteiger partial charge is 0.444 e. The van der Waals surface area contributed by atoms with Crippen LogP contribution in [0.3, 0.4) is 0 Å². The van der Waals surface area contributed by atoms with Crippen LogP contribution in [0.4, 0.5) is 4.79 Å². The van der Waals surface area contributed by atoms with Crippen molar-refractivity contribution in [2.45, 2.75) is 90.4 Å². The summed E-state index contributed by atoms with van der Waals surface area (Å²) in [5.74, 6) is -0.885. The Morgan fingerprint density at radius 2 is 1.83 bits per heavy atom. The standard InChI is InChI=1S/C27H41N3O5/c1-7-15-30(25(33)22(17-31)29-26(34)35-27(4,5)6)23(20-14-13-18(2)19(3)16-20)24(32)28-21-11-9-8-10-12-21/h7,13-14,16,21-23,31H,1,8-12,15,17H2,2-6H3,(H,28,32)(H,29,34). The van der Waals surface area contributed by atoms with Gasteiger partial charge in [-0.2, -0.15) is 0 Å². The number of carbonyl (C=O) groups is 3. The molecule has 0 aliphatic heterocycles. The number of carbonyl (C=O) groups excluding carboxylic acids is 3. The van der Waals surface area contributed by atoms with E-state index in [1.165, 1.54) is 11.0 Å². The lowest BCUT2D eigenvalue weighted by Crippen LogP contribution is -2.55. The fourth-order valence-corrected chi connectivity index (χ4v) is 4.23. The van der Waals surface area contributed by atoms with Crippen molar-refractivity contribution in [1.82, 2.24) is 15.5 Å². The highest BCUT2D eigenvalue weighted by Crippen LogP contribution is 2.26. The highest BCUT2D eigenvalue weighted by molar-refractivity contribution is 5.92. The zero-order valence-corrected chi connectivity index (χ0v) is 21.7. The van der Waals surface area contributed by atoms with Crippen molar-refractivity contribution in [2.24, 2.45) is 0 Å². The van der Waals surface area contributed by atoms with Crippen LogP contribution < -0.4 is 10.6 Å². The van der Waals surface area contributed by atoms with Gasteiger partial charge in [0, 0.05) is 12.6 Å². The molecular formula is C27H41N3O5. The summed E-state index contributed by atoms with van der Waals surface area (Å²) in [5.41, 5.74) is 1.96. The SMILES string of the molecule is C=CCN(C(=O)C(CO)NC(=O)OC(C)(C)C)C(C(=O)NC1CCCCC1)c1ccc(C)c(C)c1. The molecule has 2 atom stereocenters. The van der Waals surface area contributed by atoms with E-state index in [4.69, 9.17) is 4.74 Å². The molecule has 8 heteroatoms. The van der Waals surface area contributed by atoms with E-state index in [0.717, 1.165) is 43.2 Å². The lowest BCUT2D eigenvalue weighted by atomic mass is 9.94. The number of ether oxygens (including phenoxy) is 1. The third-order valence-corrected chi connectivity index (χ3v) is 6.14. The Morgan fingerprint density at radius 1 is 1.17 bits per heavy atom. The third-order valence-electron chi connectivity index (χ3n) is 6.14. The molecule has 1 aliphatic carbocycles. The number of aliphatic hydroxyl groups excluding tert-OH is 1. The summed E-state index contributed by atoms with van der Waals surface area (Å²) >= 11 is 0. The fourth-order valence-electron chi connectivity index (χ4n) is 4.23. The minimum absolute atomic E-state index is 0.0551. The summed E-state index contributed by atoms with van der Waals surface area (Å²) in [6.07, 6.45) is 5.78. The molecule has 1 fully saturated rings. The van der Waals surface area contributed by atoms with Crippen LogP contribution in [0, 0.1) is 13.8 Å². The first kappa shape index (κ1) is 28.4. The maximum Gasteiger partial charge on any atom is 0.408 e. The molecule has 1 aromatic carbocycles. The summed E-state index contributed by atoms with van der Waals surface area (Å²) in [7, 11) is 0. The molecule has 1 saturated carbocycles. The molecular weight excluding hydrogens is 446 g/mol. The van der Waals surface area contributed by atoms with E-state index < -0.39 is 36.3 Å². The second-order valence-electron chi connectivity index (χ2n) is 10.3. The van der Waals surface area contributed by atoms with E-state index in [9.17, 15) is 19.5 Å². The normalized spacial score (nSPS) is 16.1. The molecule has 1 aromatic rings. The number of benzene rings is 1. The minimum Gasteiger partial charge on any atom is -0.444 e. The van der Waals surface area contributed by atoms with E-state index in [-0.39, 0.29) is 18.5 Å². The maximum atomic E-state index is 13.6. The fraction of sp³-hybridized carbons (Fsp3) is 0.593. The number of alkyl carbamates (subject to hydrolysis) is 1. The topological polar surface area (TPSA) is 108 Å². The lowest BCUT2D eigenvalue weighted by molar-refractivity contribution is -0.143. The summed E-state index contributed by atoms with van der Waals surface area (Å²) in [6, 6.07) is 3.49. The van der Waals surface area contributed by atoms with E-state index >= 15 is 0 Å². The molecule has 8 nitrogen and oxygen atoms in total. The van der Waals surface area contributed by atoms with Crippen molar-refractivity contribution in [3.05, 3.63) is 47.5 Å². The van der Waals surface area contributed by atoms with Gasteiger partial charge in [-0.3, -0.25) is 9.59 Å². The van der Waals surface area contributed by atoms with Crippen LogP contribution in [-0.2, 0) is 14.3 Å². The van der Waals surface area contributed by atoms with Gasteiger partial charge in [0.25, 0.3) is 0 Å². The Hall–Kier alpha value is -2.87. The summed E-state index contributed by atoms with van der Waals surface area (Å²) in [4.78, 5) is 40.9. The van der Waals surface area contributed by atoms with Crippen LogP contribution in [0.2, 0.25) is 0 Å². The Kier molecular flexibility index (Phi) is 10.3.